The Balaban J connectivity index is 1.63. The summed E-state index contributed by atoms with van der Waals surface area (Å²) in [6, 6.07) is 7.69. The molecule has 1 aliphatic heterocycles. The fourth-order valence-corrected chi connectivity index (χ4v) is 3.04. The first-order valence-corrected chi connectivity index (χ1v) is 8.41. The minimum atomic E-state index is -4.46. The Bertz CT molecular complexity index is 915. The smallest absolute Gasteiger partial charge is 0.405 e. The highest BCUT2D eigenvalue weighted by molar-refractivity contribution is 5.93. The normalized spacial score (nSPS) is 15.7. The zero-order chi connectivity index (χ0) is 19.6. The lowest BCUT2D eigenvalue weighted by Crippen LogP contribution is -2.44. The minimum absolute atomic E-state index is 0.0985. The van der Waals surface area contributed by atoms with Crippen LogP contribution in [-0.4, -0.2) is 42.5 Å². The van der Waals surface area contributed by atoms with Crippen molar-refractivity contribution in [2.75, 3.05) is 19.6 Å². The van der Waals surface area contributed by atoms with Gasteiger partial charge in [0.1, 0.15) is 12.1 Å². The van der Waals surface area contributed by atoms with Crippen LogP contribution < -0.4 is 10.7 Å². The maximum absolute atomic E-state index is 12.6. The van der Waals surface area contributed by atoms with Crippen LogP contribution in [0.1, 0.15) is 23.4 Å². The largest absolute Gasteiger partial charge is 0.451 e. The minimum Gasteiger partial charge on any atom is -0.451 e. The Morgan fingerprint density at radius 2 is 1.85 bits per heavy atom. The number of alkyl halides is 3. The average Bonchev–Trinajstić information content (AvgIpc) is 2.65. The molecule has 0 bridgehead atoms. The van der Waals surface area contributed by atoms with Gasteiger partial charge in [0.05, 0.1) is 5.39 Å². The second-order valence-electron chi connectivity index (χ2n) is 6.37. The molecule has 144 valence electrons. The van der Waals surface area contributed by atoms with Gasteiger partial charge in [0, 0.05) is 25.1 Å². The van der Waals surface area contributed by atoms with Gasteiger partial charge in [-0.25, -0.2) is 0 Å². The van der Waals surface area contributed by atoms with Gasteiger partial charge < -0.3 is 14.6 Å². The van der Waals surface area contributed by atoms with Crippen LogP contribution in [-0.2, 0) is 4.79 Å². The highest BCUT2D eigenvalue weighted by Gasteiger charge is 2.32. The molecular formula is C18H17F3N2O4. The second-order valence-corrected chi connectivity index (χ2v) is 6.37. The molecule has 0 unspecified atom stereocenters. The summed E-state index contributed by atoms with van der Waals surface area (Å²) in [6.07, 6.45) is -3.97. The number of halogens is 3. The van der Waals surface area contributed by atoms with Crippen molar-refractivity contribution < 1.29 is 27.2 Å². The van der Waals surface area contributed by atoms with Crippen molar-refractivity contribution in [1.29, 1.82) is 0 Å². The first kappa shape index (κ1) is 18.9. The van der Waals surface area contributed by atoms with Crippen molar-refractivity contribution in [3.8, 4) is 0 Å². The van der Waals surface area contributed by atoms with E-state index in [0.29, 0.717) is 11.0 Å². The third-order valence-electron chi connectivity index (χ3n) is 4.46. The molecule has 1 aromatic carbocycles. The first-order chi connectivity index (χ1) is 12.7. The number of hydrogen-bond donors (Lipinski definition) is 1. The summed E-state index contributed by atoms with van der Waals surface area (Å²) >= 11 is 0. The van der Waals surface area contributed by atoms with Crippen LogP contribution >= 0.6 is 0 Å². The van der Waals surface area contributed by atoms with E-state index in [0.717, 1.165) is 6.07 Å². The number of fused-ring (bicyclic) bond motifs is 1. The number of para-hydroxylation sites is 1. The summed E-state index contributed by atoms with van der Waals surface area (Å²) in [5, 5.41) is 2.24. The molecule has 0 spiro atoms. The quantitative estimate of drug-likeness (QED) is 0.884. The molecule has 6 nitrogen and oxygen atoms in total. The van der Waals surface area contributed by atoms with Crippen molar-refractivity contribution in [3.63, 3.8) is 0 Å². The zero-order valence-corrected chi connectivity index (χ0v) is 14.2. The van der Waals surface area contributed by atoms with Gasteiger partial charge in [-0.3, -0.25) is 14.4 Å². The molecule has 3 rings (SSSR count). The maximum atomic E-state index is 12.6. The standard InChI is InChI=1S/C18H17F3N2O4/c19-18(20,21)10-22-16(25)11-5-7-23(8-6-11)17(26)15-9-13(24)12-3-1-2-4-14(12)27-15/h1-4,9,11H,5-8,10H2,(H,22,25). The van der Waals surface area contributed by atoms with E-state index in [9.17, 15) is 27.6 Å². The van der Waals surface area contributed by atoms with E-state index >= 15 is 0 Å². The maximum Gasteiger partial charge on any atom is 0.405 e. The molecule has 9 heteroatoms. The highest BCUT2D eigenvalue weighted by atomic mass is 19.4. The number of hydrogen-bond acceptors (Lipinski definition) is 4. The highest BCUT2D eigenvalue weighted by Crippen LogP contribution is 2.21. The number of carbonyl (C=O) groups is 2. The average molecular weight is 382 g/mol. The third-order valence-corrected chi connectivity index (χ3v) is 4.46. The van der Waals surface area contributed by atoms with E-state index < -0.39 is 30.5 Å². The molecule has 1 N–H and O–H groups in total. The van der Waals surface area contributed by atoms with E-state index in [2.05, 4.69) is 0 Å². The molecule has 0 atom stereocenters. The SMILES string of the molecule is O=C(NCC(F)(F)F)C1CCN(C(=O)c2cc(=O)c3ccccc3o2)CC1. The Morgan fingerprint density at radius 1 is 1.19 bits per heavy atom. The van der Waals surface area contributed by atoms with Crippen LogP contribution in [0.2, 0.25) is 0 Å². The number of amides is 2. The third kappa shape index (κ3) is 4.47. The lowest BCUT2D eigenvalue weighted by Gasteiger charge is -2.31. The first-order valence-electron chi connectivity index (χ1n) is 8.41. The van der Waals surface area contributed by atoms with Crippen molar-refractivity contribution in [1.82, 2.24) is 10.2 Å². The van der Waals surface area contributed by atoms with Gasteiger partial charge in [-0.2, -0.15) is 13.2 Å². The van der Waals surface area contributed by atoms with Gasteiger partial charge >= 0.3 is 6.18 Å². The molecule has 1 saturated heterocycles. The van der Waals surface area contributed by atoms with Crippen LogP contribution in [0.5, 0.6) is 0 Å². The van der Waals surface area contributed by atoms with Crippen molar-refractivity contribution in [2.24, 2.45) is 5.92 Å². The number of piperidine rings is 1. The van der Waals surface area contributed by atoms with Crippen molar-refractivity contribution in [2.45, 2.75) is 19.0 Å². The predicted molar refractivity (Wildman–Crippen MR) is 90.2 cm³/mol. The zero-order valence-electron chi connectivity index (χ0n) is 14.2. The van der Waals surface area contributed by atoms with Gasteiger partial charge in [-0.1, -0.05) is 12.1 Å². The van der Waals surface area contributed by atoms with E-state index in [4.69, 9.17) is 4.42 Å². The summed E-state index contributed by atoms with van der Waals surface area (Å²) in [5.41, 5.74) is -0.0311. The summed E-state index contributed by atoms with van der Waals surface area (Å²) in [6.45, 7) is -0.980. The fraction of sp³-hybridized carbons (Fsp3) is 0.389. The summed E-state index contributed by atoms with van der Waals surface area (Å²) in [5.74, 6) is -1.83. The molecule has 0 aliphatic carbocycles. The van der Waals surface area contributed by atoms with Crippen molar-refractivity contribution >= 4 is 22.8 Å². The summed E-state index contributed by atoms with van der Waals surface area (Å²) in [4.78, 5) is 37.9. The van der Waals surface area contributed by atoms with Crippen LogP contribution in [0.4, 0.5) is 13.2 Å². The summed E-state index contributed by atoms with van der Waals surface area (Å²) in [7, 11) is 0. The number of benzene rings is 1. The molecule has 2 amide bonds. The van der Waals surface area contributed by atoms with Crippen LogP contribution in [0.25, 0.3) is 11.0 Å². The monoisotopic (exact) mass is 382 g/mol. The Kier molecular flexibility index (Phi) is 5.20. The molecule has 27 heavy (non-hydrogen) atoms. The number of carbonyl (C=O) groups excluding carboxylic acids is 2. The number of nitrogens with zero attached hydrogens (tertiary/aromatic N) is 1. The van der Waals surface area contributed by atoms with E-state index in [1.165, 1.54) is 4.90 Å². The Labute approximate surface area is 151 Å². The van der Waals surface area contributed by atoms with E-state index in [1.54, 1.807) is 24.3 Å². The van der Waals surface area contributed by atoms with Gasteiger partial charge in [0.15, 0.2) is 11.2 Å². The molecule has 2 aromatic rings. The van der Waals surface area contributed by atoms with Crippen LogP contribution in [0, 0.1) is 5.92 Å². The predicted octanol–water partition coefficient (Wildman–Crippen LogP) is 2.32. The molecule has 0 radical (unpaired) electrons. The van der Waals surface area contributed by atoms with Crippen molar-refractivity contribution in [3.05, 3.63) is 46.3 Å². The van der Waals surface area contributed by atoms with Crippen LogP contribution in [0.15, 0.2) is 39.5 Å². The second kappa shape index (κ2) is 7.42. The fourth-order valence-electron chi connectivity index (χ4n) is 3.04. The summed E-state index contributed by atoms with van der Waals surface area (Å²) < 4.78 is 42.0. The number of nitrogens with one attached hydrogen (secondary N) is 1. The lowest BCUT2D eigenvalue weighted by molar-refractivity contribution is -0.141. The molecule has 0 saturated carbocycles. The molecular weight excluding hydrogens is 365 g/mol. The van der Waals surface area contributed by atoms with Gasteiger partial charge in [0.25, 0.3) is 5.91 Å². The topological polar surface area (TPSA) is 79.6 Å². The van der Waals surface area contributed by atoms with E-state index in [-0.39, 0.29) is 37.1 Å². The number of rotatable bonds is 3. The lowest BCUT2D eigenvalue weighted by atomic mass is 9.95. The molecule has 1 aromatic heterocycles. The number of likely N-dealkylation sites (tertiary alicyclic amines) is 1. The van der Waals surface area contributed by atoms with Gasteiger partial charge in [-0.15, -0.1) is 0 Å². The molecule has 1 fully saturated rings. The van der Waals surface area contributed by atoms with Gasteiger partial charge in [0.2, 0.25) is 5.91 Å². The van der Waals surface area contributed by atoms with Crippen LogP contribution in [0.3, 0.4) is 0 Å². The molecule has 2 heterocycles. The Morgan fingerprint density at radius 3 is 2.52 bits per heavy atom. The van der Waals surface area contributed by atoms with E-state index in [1.807, 2.05) is 5.32 Å². The van der Waals surface area contributed by atoms with Gasteiger partial charge in [-0.05, 0) is 25.0 Å². The molecule has 1 aliphatic rings. The Hall–Kier alpha value is -2.84.